The normalized spacial score (nSPS) is 26.5. The molecule has 2 aliphatic rings. The minimum absolute atomic E-state index is 0.0749. The molecule has 0 amide bonds. The lowest BCUT2D eigenvalue weighted by molar-refractivity contribution is -0.158. The second-order valence-corrected chi connectivity index (χ2v) is 10.00. The molecule has 36 heavy (non-hydrogen) atoms. The number of aliphatic hydroxyl groups is 1. The first-order valence-electron chi connectivity index (χ1n) is 12.7. The fourth-order valence-corrected chi connectivity index (χ4v) is 6.16. The molecule has 2 aromatic carbocycles. The Balaban J connectivity index is 1.59. The smallest absolute Gasteiger partial charge is 0.311 e. The van der Waals surface area contributed by atoms with Gasteiger partial charge in [0.05, 0.1) is 31.8 Å². The number of carbonyl (C=O) groups is 1. The molecular formula is C29H33N3O4. The molecule has 7 nitrogen and oxygen atoms in total. The summed E-state index contributed by atoms with van der Waals surface area (Å²) in [5.74, 6) is -1.15. The van der Waals surface area contributed by atoms with E-state index in [0.717, 1.165) is 40.6 Å². The zero-order valence-electron chi connectivity index (χ0n) is 20.6. The monoisotopic (exact) mass is 487 g/mol. The van der Waals surface area contributed by atoms with Crippen LogP contribution in [0.25, 0.3) is 10.9 Å². The number of esters is 1. The zero-order chi connectivity index (χ0) is 25.1. The van der Waals surface area contributed by atoms with Crippen LogP contribution in [0.1, 0.15) is 42.2 Å². The molecule has 7 heteroatoms. The molecule has 1 fully saturated rings. The van der Waals surface area contributed by atoms with E-state index in [4.69, 9.17) is 9.47 Å². The first kappa shape index (κ1) is 24.4. The van der Waals surface area contributed by atoms with Gasteiger partial charge in [-0.2, -0.15) is 5.26 Å². The van der Waals surface area contributed by atoms with E-state index in [1.807, 2.05) is 42.5 Å². The number of H-pyrrole nitrogens is 1. The van der Waals surface area contributed by atoms with Gasteiger partial charge in [-0.25, -0.2) is 0 Å². The van der Waals surface area contributed by atoms with Crippen LogP contribution < -0.4 is 0 Å². The highest BCUT2D eigenvalue weighted by atomic mass is 16.5. The summed E-state index contributed by atoms with van der Waals surface area (Å²) in [6, 6.07) is 18.3. The van der Waals surface area contributed by atoms with Gasteiger partial charge in [0.2, 0.25) is 0 Å². The van der Waals surface area contributed by atoms with Crippen LogP contribution in [-0.2, 0) is 27.3 Å². The second-order valence-electron chi connectivity index (χ2n) is 10.00. The van der Waals surface area contributed by atoms with Crippen molar-refractivity contribution >= 4 is 16.9 Å². The molecule has 2 N–H and O–H groups in total. The van der Waals surface area contributed by atoms with E-state index in [2.05, 4.69) is 23.3 Å². The van der Waals surface area contributed by atoms with Crippen molar-refractivity contribution in [2.45, 2.75) is 44.5 Å². The maximum Gasteiger partial charge on any atom is 0.311 e. The van der Waals surface area contributed by atoms with Gasteiger partial charge in [-0.15, -0.1) is 0 Å². The Morgan fingerprint density at radius 1 is 1.17 bits per heavy atom. The average Bonchev–Trinajstić information content (AvgIpc) is 3.28. The molecule has 1 aromatic heterocycles. The van der Waals surface area contributed by atoms with E-state index in [9.17, 15) is 15.2 Å². The summed E-state index contributed by atoms with van der Waals surface area (Å²) >= 11 is 0. The first-order chi connectivity index (χ1) is 17.6. The third-order valence-corrected chi connectivity index (χ3v) is 7.96. The first-order valence-corrected chi connectivity index (χ1v) is 12.7. The van der Waals surface area contributed by atoms with Crippen LogP contribution in [0.3, 0.4) is 0 Å². The van der Waals surface area contributed by atoms with E-state index in [1.54, 1.807) is 4.90 Å². The Kier molecular flexibility index (Phi) is 7.26. The summed E-state index contributed by atoms with van der Waals surface area (Å²) in [7, 11) is 1.37. The molecule has 0 spiro atoms. The van der Waals surface area contributed by atoms with Crippen molar-refractivity contribution in [1.29, 1.82) is 5.26 Å². The van der Waals surface area contributed by atoms with Crippen molar-refractivity contribution in [3.63, 3.8) is 0 Å². The highest BCUT2D eigenvalue weighted by Crippen LogP contribution is 2.44. The van der Waals surface area contributed by atoms with E-state index in [-0.39, 0.29) is 17.9 Å². The Hall–Kier alpha value is -3.34. The highest BCUT2D eigenvalue weighted by molar-refractivity contribution is 5.85. The third kappa shape index (κ3) is 4.84. The average molecular weight is 488 g/mol. The van der Waals surface area contributed by atoms with Crippen LogP contribution in [0.15, 0.2) is 54.6 Å². The molecule has 3 aromatic rings. The number of aliphatic hydroxyl groups excluding tert-OH is 1. The molecule has 0 bridgehead atoms. The minimum atomic E-state index is -0.769. The quantitative estimate of drug-likeness (QED) is 0.420. The van der Waals surface area contributed by atoms with Gasteiger partial charge in [-0.1, -0.05) is 48.5 Å². The lowest BCUT2D eigenvalue weighted by atomic mass is 9.67. The van der Waals surface area contributed by atoms with Crippen LogP contribution in [0, 0.1) is 29.2 Å². The Bertz CT molecular complexity index is 1230. The Labute approximate surface area is 211 Å². The molecule has 188 valence electrons. The van der Waals surface area contributed by atoms with Crippen LogP contribution in [0.5, 0.6) is 0 Å². The van der Waals surface area contributed by atoms with Crippen LogP contribution in [-0.4, -0.2) is 47.3 Å². The van der Waals surface area contributed by atoms with E-state index in [1.165, 1.54) is 7.11 Å². The van der Waals surface area contributed by atoms with Crippen molar-refractivity contribution in [3.05, 3.63) is 71.4 Å². The lowest BCUT2D eigenvalue weighted by Crippen LogP contribution is -2.47. The number of benzene rings is 2. The molecule has 1 aliphatic heterocycles. The number of nitrogens with one attached hydrogen (secondary N) is 1. The van der Waals surface area contributed by atoms with Crippen molar-refractivity contribution in [3.8, 4) is 6.19 Å². The topological polar surface area (TPSA) is 98.6 Å². The summed E-state index contributed by atoms with van der Waals surface area (Å²) in [5.41, 5.74) is 4.25. The van der Waals surface area contributed by atoms with Crippen molar-refractivity contribution in [2.24, 2.45) is 17.8 Å². The maximum absolute atomic E-state index is 12.9. The highest BCUT2D eigenvalue weighted by Gasteiger charge is 2.45. The van der Waals surface area contributed by atoms with Gasteiger partial charge in [0.25, 0.3) is 0 Å². The predicted molar refractivity (Wildman–Crippen MR) is 136 cm³/mol. The maximum atomic E-state index is 12.9. The van der Waals surface area contributed by atoms with E-state index < -0.39 is 18.0 Å². The number of fused-ring (bicyclic) bond motifs is 4. The van der Waals surface area contributed by atoms with Gasteiger partial charge in [-0.3, -0.25) is 4.79 Å². The van der Waals surface area contributed by atoms with Crippen molar-refractivity contribution in [1.82, 2.24) is 9.88 Å². The van der Waals surface area contributed by atoms with Crippen molar-refractivity contribution < 1.29 is 19.4 Å². The lowest BCUT2D eigenvalue weighted by Gasteiger charge is -2.42. The number of hydrogen-bond donors (Lipinski definition) is 2. The summed E-state index contributed by atoms with van der Waals surface area (Å²) in [5, 5.41) is 21.9. The number of carbonyl (C=O) groups excluding carboxylic acids is 1. The van der Waals surface area contributed by atoms with Gasteiger partial charge < -0.3 is 24.5 Å². The fourth-order valence-electron chi connectivity index (χ4n) is 6.16. The molecule has 1 saturated carbocycles. The van der Waals surface area contributed by atoms with Gasteiger partial charge in [0.1, 0.15) is 0 Å². The summed E-state index contributed by atoms with van der Waals surface area (Å²) < 4.78 is 11.8. The van der Waals surface area contributed by atoms with Gasteiger partial charge in [0, 0.05) is 29.7 Å². The molecule has 2 heterocycles. The standard InChI is InChI=1S/C29H33N3O4/c1-35-29(34)27-23-15-26(36-17-19-7-3-2-4-8-19)28-22(21-9-5-6-10-24(21)31-28)13-14-32(18-30)16-20(23)11-12-25(27)33/h2-10,20,23,25-27,31,33H,11-17H2,1H3/t20-,23?,25-,26+,27+/m0/s1. The largest absolute Gasteiger partial charge is 0.469 e. The summed E-state index contributed by atoms with van der Waals surface area (Å²) in [6.07, 6.45) is 3.84. The van der Waals surface area contributed by atoms with E-state index in [0.29, 0.717) is 32.5 Å². The van der Waals surface area contributed by atoms with E-state index >= 15 is 0 Å². The number of para-hydroxylation sites is 1. The predicted octanol–water partition coefficient (Wildman–Crippen LogP) is 4.33. The Morgan fingerprint density at radius 3 is 2.72 bits per heavy atom. The molecule has 1 unspecified atom stereocenters. The van der Waals surface area contributed by atoms with Crippen molar-refractivity contribution in [2.75, 3.05) is 20.2 Å². The number of methoxy groups -OCH3 is 1. The zero-order valence-corrected chi connectivity index (χ0v) is 20.6. The fraction of sp³-hybridized carbons (Fsp3) is 0.448. The summed E-state index contributed by atoms with van der Waals surface area (Å²) in [6.45, 7) is 1.59. The van der Waals surface area contributed by atoms with Crippen LogP contribution in [0.4, 0.5) is 0 Å². The minimum Gasteiger partial charge on any atom is -0.469 e. The third-order valence-electron chi connectivity index (χ3n) is 7.96. The SMILES string of the molecule is COC(=O)[C@@H]1C2C[C@@H](OCc3ccccc3)c3[nH]c4ccccc4c3CCN(C#N)C[C@@H]2CC[C@@H]1O. The second kappa shape index (κ2) is 10.7. The number of aromatic nitrogens is 1. The number of ether oxygens (including phenoxy) is 2. The number of nitriles is 1. The molecule has 0 radical (unpaired) electrons. The van der Waals surface area contributed by atoms with Crippen LogP contribution >= 0.6 is 0 Å². The Morgan fingerprint density at radius 2 is 1.94 bits per heavy atom. The molecular weight excluding hydrogens is 454 g/mol. The number of rotatable bonds is 4. The number of hydrogen-bond acceptors (Lipinski definition) is 6. The molecule has 0 saturated heterocycles. The molecule has 1 aliphatic carbocycles. The molecule has 5 atom stereocenters. The van der Waals surface area contributed by atoms with Gasteiger partial charge in [-0.05, 0) is 54.7 Å². The van der Waals surface area contributed by atoms with Gasteiger partial charge >= 0.3 is 5.97 Å². The van der Waals surface area contributed by atoms with Crippen LogP contribution in [0.2, 0.25) is 0 Å². The number of aromatic amines is 1. The molecule has 5 rings (SSSR count). The number of nitrogens with zero attached hydrogens (tertiary/aromatic N) is 2. The van der Waals surface area contributed by atoms with Gasteiger partial charge in [0.15, 0.2) is 6.19 Å². The summed E-state index contributed by atoms with van der Waals surface area (Å²) in [4.78, 5) is 18.3.